The molecule has 64 valence electrons. The van der Waals surface area contributed by atoms with Crippen molar-refractivity contribution in [2.45, 2.75) is 0 Å². The van der Waals surface area contributed by atoms with Crippen LogP contribution in [0.1, 0.15) is 0 Å². The van der Waals surface area contributed by atoms with E-state index >= 15 is 0 Å². The number of nitro groups is 1. The third-order valence-electron chi connectivity index (χ3n) is 1.21. The molecule has 12 heavy (non-hydrogen) atoms. The average molecular weight is 194 g/mol. The van der Waals surface area contributed by atoms with Crippen molar-refractivity contribution in [3.63, 3.8) is 0 Å². The van der Waals surface area contributed by atoms with Crippen LogP contribution in [0.15, 0.2) is 12.1 Å². The van der Waals surface area contributed by atoms with Crippen molar-refractivity contribution in [3.8, 4) is 0 Å². The molecule has 0 aliphatic heterocycles. The van der Waals surface area contributed by atoms with Crippen LogP contribution in [0.3, 0.4) is 0 Å². The van der Waals surface area contributed by atoms with Gasteiger partial charge in [-0.15, -0.1) is 0 Å². The second kappa shape index (κ2) is 3.02. The van der Waals surface area contributed by atoms with Crippen LogP contribution in [0.4, 0.5) is 14.5 Å². The molecule has 0 radical (unpaired) electrons. The summed E-state index contributed by atoms with van der Waals surface area (Å²) in [5, 5.41) is 9.21. The lowest BCUT2D eigenvalue weighted by Crippen LogP contribution is -1.94. The van der Waals surface area contributed by atoms with E-state index < -0.39 is 27.3 Å². The summed E-state index contributed by atoms with van der Waals surface area (Å²) < 4.78 is 25.1. The molecule has 3 nitrogen and oxygen atoms in total. The van der Waals surface area contributed by atoms with Gasteiger partial charge in [0.1, 0.15) is 10.8 Å². The van der Waals surface area contributed by atoms with Crippen molar-refractivity contribution in [3.05, 3.63) is 38.9 Å². The van der Waals surface area contributed by atoms with Gasteiger partial charge in [-0.05, 0) is 6.07 Å². The zero-order valence-corrected chi connectivity index (χ0v) is 6.31. The van der Waals surface area contributed by atoms with Crippen LogP contribution in [0.2, 0.25) is 5.02 Å². The van der Waals surface area contributed by atoms with Gasteiger partial charge in [-0.25, -0.2) is 4.39 Å². The number of hydrogen-bond acceptors (Lipinski definition) is 2. The molecule has 1 rings (SSSR count). The lowest BCUT2D eigenvalue weighted by Gasteiger charge is -1.96. The fourth-order valence-electron chi connectivity index (χ4n) is 0.657. The number of rotatable bonds is 1. The Morgan fingerprint density at radius 3 is 2.50 bits per heavy atom. The molecule has 1 aromatic carbocycles. The minimum Gasteiger partial charge on any atom is -0.258 e. The molecule has 0 bridgehead atoms. The van der Waals surface area contributed by atoms with Gasteiger partial charge in [-0.3, -0.25) is 10.1 Å². The van der Waals surface area contributed by atoms with Crippen molar-refractivity contribution in [1.82, 2.24) is 0 Å². The quantitative estimate of drug-likeness (QED) is 0.391. The second-order valence-corrected chi connectivity index (χ2v) is 2.33. The summed E-state index contributed by atoms with van der Waals surface area (Å²) in [6, 6.07) is 1.46. The molecule has 0 atom stereocenters. The van der Waals surface area contributed by atoms with Gasteiger partial charge in [0.15, 0.2) is 0 Å². The first-order chi connectivity index (χ1) is 5.54. The molecule has 0 fully saturated rings. The molecule has 0 saturated heterocycles. The van der Waals surface area contributed by atoms with E-state index in [1.165, 1.54) is 0 Å². The molecule has 0 unspecified atom stereocenters. The molecule has 1 aromatic rings. The summed E-state index contributed by atoms with van der Waals surface area (Å²) in [7, 11) is 0. The summed E-state index contributed by atoms with van der Waals surface area (Å²) in [6.07, 6.45) is 0. The van der Waals surface area contributed by atoms with Gasteiger partial charge in [0, 0.05) is 6.07 Å². The molecular formula is C6H2ClF2NO2. The molecule has 0 heterocycles. The number of benzene rings is 1. The molecule has 0 aromatic heterocycles. The third kappa shape index (κ3) is 1.35. The summed E-state index contributed by atoms with van der Waals surface area (Å²) in [6.45, 7) is 0. The van der Waals surface area contributed by atoms with E-state index in [9.17, 15) is 18.9 Å². The first-order valence-electron chi connectivity index (χ1n) is 2.82. The van der Waals surface area contributed by atoms with Gasteiger partial charge >= 0.3 is 5.69 Å². The van der Waals surface area contributed by atoms with Crippen molar-refractivity contribution < 1.29 is 13.7 Å². The Hall–Kier alpha value is -1.23. The lowest BCUT2D eigenvalue weighted by atomic mass is 10.3. The van der Waals surface area contributed by atoms with Gasteiger partial charge in [0.25, 0.3) is 0 Å². The van der Waals surface area contributed by atoms with Gasteiger partial charge in [-0.2, -0.15) is 4.39 Å². The second-order valence-electron chi connectivity index (χ2n) is 1.95. The van der Waals surface area contributed by atoms with Gasteiger partial charge in [-0.1, -0.05) is 11.6 Å². The molecule has 0 saturated carbocycles. The van der Waals surface area contributed by atoms with Crippen LogP contribution in [-0.4, -0.2) is 4.92 Å². The van der Waals surface area contributed by atoms with E-state index in [0.717, 1.165) is 12.1 Å². The first-order valence-corrected chi connectivity index (χ1v) is 3.19. The SMILES string of the molecule is O=[N+]([O-])c1ccc(F)c(Cl)c1F. The maximum atomic E-state index is 12.7. The van der Waals surface area contributed by atoms with E-state index in [1.54, 1.807) is 0 Å². The number of nitro benzene ring substituents is 1. The van der Waals surface area contributed by atoms with Crippen LogP contribution in [0.5, 0.6) is 0 Å². The number of nitrogens with zero attached hydrogens (tertiary/aromatic N) is 1. The minimum atomic E-state index is -1.35. The Morgan fingerprint density at radius 1 is 1.42 bits per heavy atom. The zero-order chi connectivity index (χ0) is 9.30. The summed E-state index contributed by atoms with van der Waals surface area (Å²) in [5.41, 5.74) is -0.832. The molecule has 0 aliphatic carbocycles. The van der Waals surface area contributed by atoms with E-state index in [1.807, 2.05) is 0 Å². The normalized spacial score (nSPS) is 9.92. The molecule has 0 N–H and O–H groups in total. The van der Waals surface area contributed by atoms with Crippen molar-refractivity contribution in [2.75, 3.05) is 0 Å². The smallest absolute Gasteiger partial charge is 0.258 e. The maximum absolute atomic E-state index is 12.7. The Kier molecular flexibility index (Phi) is 2.23. The van der Waals surface area contributed by atoms with Crippen molar-refractivity contribution in [1.29, 1.82) is 0 Å². The Balaban J connectivity index is 3.36. The van der Waals surface area contributed by atoms with Gasteiger partial charge in [0.05, 0.1) is 4.92 Å². The van der Waals surface area contributed by atoms with Crippen LogP contribution in [0, 0.1) is 21.7 Å². The van der Waals surface area contributed by atoms with Crippen LogP contribution in [0.25, 0.3) is 0 Å². The predicted molar refractivity (Wildman–Crippen MR) is 38.0 cm³/mol. The fraction of sp³-hybridized carbons (Fsp3) is 0. The Bertz CT molecular complexity index is 343. The monoisotopic (exact) mass is 193 g/mol. The highest BCUT2D eigenvalue weighted by Gasteiger charge is 2.19. The third-order valence-corrected chi connectivity index (χ3v) is 1.56. The maximum Gasteiger partial charge on any atom is 0.306 e. The molecule has 0 spiro atoms. The highest BCUT2D eigenvalue weighted by Crippen LogP contribution is 2.26. The average Bonchev–Trinajstić information content (AvgIpc) is 2.00. The van der Waals surface area contributed by atoms with Gasteiger partial charge < -0.3 is 0 Å². The molecule has 0 aliphatic rings. The lowest BCUT2D eigenvalue weighted by molar-refractivity contribution is -0.387. The molecule has 6 heteroatoms. The standard InChI is InChI=1S/C6H2ClF2NO2/c7-5-3(8)1-2-4(6(5)9)10(11)12/h1-2H. The summed E-state index contributed by atoms with van der Waals surface area (Å²) >= 11 is 5.07. The zero-order valence-electron chi connectivity index (χ0n) is 5.55. The highest BCUT2D eigenvalue weighted by molar-refractivity contribution is 6.31. The van der Waals surface area contributed by atoms with Crippen LogP contribution >= 0.6 is 11.6 Å². The largest absolute Gasteiger partial charge is 0.306 e. The Labute approximate surface area is 70.7 Å². The van der Waals surface area contributed by atoms with E-state index in [2.05, 4.69) is 0 Å². The topological polar surface area (TPSA) is 43.1 Å². The van der Waals surface area contributed by atoms with Crippen molar-refractivity contribution in [2.24, 2.45) is 0 Å². The predicted octanol–water partition coefficient (Wildman–Crippen LogP) is 2.53. The highest BCUT2D eigenvalue weighted by atomic mass is 35.5. The van der Waals surface area contributed by atoms with Crippen LogP contribution < -0.4 is 0 Å². The van der Waals surface area contributed by atoms with Crippen molar-refractivity contribution >= 4 is 17.3 Å². The fourth-order valence-corrected chi connectivity index (χ4v) is 0.817. The van der Waals surface area contributed by atoms with Crippen LogP contribution in [-0.2, 0) is 0 Å². The minimum absolute atomic E-state index is 0.719. The van der Waals surface area contributed by atoms with E-state index in [4.69, 9.17) is 11.6 Å². The summed E-state index contributed by atoms with van der Waals surface area (Å²) in [5.74, 6) is -2.36. The number of hydrogen-bond donors (Lipinski definition) is 0. The molecule has 0 amide bonds. The Morgan fingerprint density at radius 2 is 2.00 bits per heavy atom. The van der Waals surface area contributed by atoms with E-state index in [0.29, 0.717) is 0 Å². The van der Waals surface area contributed by atoms with Gasteiger partial charge in [0.2, 0.25) is 5.82 Å². The first kappa shape index (κ1) is 8.86. The molecular weight excluding hydrogens is 192 g/mol. The summed E-state index contributed by atoms with van der Waals surface area (Å²) in [4.78, 5) is 9.10. The number of halogens is 3. The van der Waals surface area contributed by atoms with E-state index in [-0.39, 0.29) is 0 Å².